The first-order valence-electron chi connectivity index (χ1n) is 10.4. The summed E-state index contributed by atoms with van der Waals surface area (Å²) in [6.45, 7) is 1.95. The van der Waals surface area contributed by atoms with E-state index < -0.39 is 0 Å². The highest BCUT2D eigenvalue weighted by Gasteiger charge is 2.05. The molecule has 4 rings (SSSR count). The van der Waals surface area contributed by atoms with Crippen LogP contribution in [-0.2, 0) is 26.3 Å². The highest BCUT2D eigenvalue weighted by molar-refractivity contribution is 5.75. The zero-order valence-corrected chi connectivity index (χ0v) is 17.8. The Labute approximate surface area is 189 Å². The van der Waals surface area contributed by atoms with Crippen molar-refractivity contribution >= 4 is 12.6 Å². The van der Waals surface area contributed by atoms with Crippen LogP contribution in [0.3, 0.4) is 0 Å². The molecule has 2 aromatic heterocycles. The number of nitrogens with zero attached hydrogens (tertiary/aromatic N) is 6. The molecule has 168 valence electrons. The van der Waals surface area contributed by atoms with Crippen LogP contribution in [0, 0.1) is 0 Å². The summed E-state index contributed by atoms with van der Waals surface area (Å²) >= 11 is 0. The zero-order chi connectivity index (χ0) is 22.9. The molecule has 0 aliphatic rings. The van der Waals surface area contributed by atoms with Gasteiger partial charge in [-0.05, 0) is 55.0 Å². The molecule has 2 heterocycles. The van der Waals surface area contributed by atoms with Gasteiger partial charge in [-0.2, -0.15) is 0 Å². The molecule has 0 atom stereocenters. The van der Waals surface area contributed by atoms with Gasteiger partial charge in [0.25, 0.3) is 0 Å². The van der Waals surface area contributed by atoms with Crippen LogP contribution in [0.5, 0.6) is 11.5 Å². The molecule has 0 N–H and O–H groups in total. The van der Waals surface area contributed by atoms with E-state index in [1.807, 2.05) is 12.4 Å². The summed E-state index contributed by atoms with van der Waals surface area (Å²) in [5.74, 6) is 1.33. The van der Waals surface area contributed by atoms with E-state index in [1.165, 1.54) is 0 Å². The topological polar surface area (TPSA) is 114 Å². The molecule has 10 heteroatoms. The molecule has 33 heavy (non-hydrogen) atoms. The molecule has 0 unspecified atom stereocenters. The summed E-state index contributed by atoms with van der Waals surface area (Å²) < 4.78 is 14.9. The Morgan fingerprint density at radius 1 is 0.667 bits per heavy atom. The first kappa shape index (κ1) is 21.9. The van der Waals surface area contributed by atoms with E-state index in [9.17, 15) is 9.59 Å². The minimum atomic E-state index is 0.296. The number of carbonyl (C=O) groups excluding carboxylic acids is 2. The van der Waals surface area contributed by atoms with E-state index in [1.54, 1.807) is 57.9 Å². The van der Waals surface area contributed by atoms with Crippen molar-refractivity contribution in [1.82, 2.24) is 30.0 Å². The van der Waals surface area contributed by atoms with Crippen molar-refractivity contribution < 1.29 is 19.1 Å². The van der Waals surface area contributed by atoms with Gasteiger partial charge in [0, 0.05) is 24.2 Å². The molecule has 10 nitrogen and oxygen atoms in total. The molecule has 0 saturated carbocycles. The average molecular weight is 446 g/mol. The number of aryl methyl sites for hydroxylation is 2. The minimum absolute atomic E-state index is 0.296. The van der Waals surface area contributed by atoms with Crippen LogP contribution in [0.1, 0.15) is 38.5 Å². The number of hydrogen-bond acceptors (Lipinski definition) is 8. The van der Waals surface area contributed by atoms with Crippen molar-refractivity contribution in [1.29, 1.82) is 0 Å². The SMILES string of the molecule is O=Cc1ccc(OCc2cn(CCCn3cc(COc4ccc(C=O)cc4)nn3)nn2)cc1. The van der Waals surface area contributed by atoms with Crippen LogP contribution in [0.25, 0.3) is 0 Å². The Hall–Kier alpha value is -4.34. The minimum Gasteiger partial charge on any atom is -0.487 e. The van der Waals surface area contributed by atoms with Crippen molar-refractivity contribution in [3.63, 3.8) is 0 Å². The molecule has 0 spiro atoms. The van der Waals surface area contributed by atoms with Crippen LogP contribution in [-0.4, -0.2) is 42.6 Å². The fraction of sp³-hybridized carbons (Fsp3) is 0.217. The summed E-state index contributed by atoms with van der Waals surface area (Å²) in [7, 11) is 0. The Morgan fingerprint density at radius 3 is 1.48 bits per heavy atom. The predicted octanol–water partition coefficient (Wildman–Crippen LogP) is 2.74. The van der Waals surface area contributed by atoms with E-state index in [4.69, 9.17) is 9.47 Å². The standard InChI is InChI=1S/C23H22N6O4/c30-14-18-2-6-22(7-3-18)32-16-20-12-28(26-24-20)10-1-11-29-13-21(25-27-29)17-33-23-8-4-19(15-31)5-9-23/h2-9,12-15H,1,10-11,16-17H2. The Kier molecular flexibility index (Phi) is 7.16. The van der Waals surface area contributed by atoms with Gasteiger partial charge in [-0.1, -0.05) is 10.4 Å². The largest absolute Gasteiger partial charge is 0.487 e. The molecule has 0 saturated heterocycles. The van der Waals surface area contributed by atoms with Crippen LogP contribution < -0.4 is 9.47 Å². The van der Waals surface area contributed by atoms with Gasteiger partial charge in [-0.15, -0.1) is 10.2 Å². The van der Waals surface area contributed by atoms with Gasteiger partial charge >= 0.3 is 0 Å². The number of aromatic nitrogens is 6. The fourth-order valence-corrected chi connectivity index (χ4v) is 3.02. The second-order valence-electron chi connectivity index (χ2n) is 7.25. The van der Waals surface area contributed by atoms with Gasteiger partial charge in [0.1, 0.15) is 48.7 Å². The van der Waals surface area contributed by atoms with Crippen molar-refractivity contribution in [2.24, 2.45) is 0 Å². The lowest BCUT2D eigenvalue weighted by Crippen LogP contribution is -2.05. The van der Waals surface area contributed by atoms with E-state index >= 15 is 0 Å². The van der Waals surface area contributed by atoms with Gasteiger partial charge < -0.3 is 9.47 Å². The van der Waals surface area contributed by atoms with Crippen molar-refractivity contribution in [3.05, 3.63) is 83.4 Å². The Morgan fingerprint density at radius 2 is 1.09 bits per heavy atom. The molecule has 0 bridgehead atoms. The zero-order valence-electron chi connectivity index (χ0n) is 17.8. The molecule has 0 aliphatic heterocycles. The molecule has 0 aliphatic carbocycles. The van der Waals surface area contributed by atoms with Gasteiger partial charge in [-0.25, -0.2) is 0 Å². The molecule has 0 fully saturated rings. The summed E-state index contributed by atoms with van der Waals surface area (Å²) in [6, 6.07) is 13.8. The number of rotatable bonds is 12. The maximum atomic E-state index is 10.7. The van der Waals surface area contributed by atoms with Crippen molar-refractivity contribution in [2.75, 3.05) is 0 Å². The van der Waals surface area contributed by atoms with Crippen LogP contribution in [0.4, 0.5) is 0 Å². The lowest BCUT2D eigenvalue weighted by molar-refractivity contribution is 0.111. The summed E-state index contributed by atoms with van der Waals surface area (Å²) in [5, 5.41) is 16.5. The molecule has 2 aromatic carbocycles. The Bertz CT molecular complexity index is 1090. The maximum Gasteiger partial charge on any atom is 0.150 e. The first-order valence-corrected chi connectivity index (χ1v) is 10.4. The number of ether oxygens (including phenoxy) is 2. The number of hydrogen-bond donors (Lipinski definition) is 0. The lowest BCUT2D eigenvalue weighted by Gasteiger charge is -2.03. The van der Waals surface area contributed by atoms with Crippen LogP contribution in [0.2, 0.25) is 0 Å². The summed E-state index contributed by atoms with van der Waals surface area (Å²) in [5.41, 5.74) is 2.64. The molecular formula is C23H22N6O4. The average Bonchev–Trinajstić information content (AvgIpc) is 3.51. The molecule has 4 aromatic rings. The van der Waals surface area contributed by atoms with E-state index in [0.717, 1.165) is 30.4 Å². The molecule has 0 amide bonds. The summed E-state index contributed by atoms with van der Waals surface area (Å²) in [4.78, 5) is 21.4. The number of benzene rings is 2. The van der Waals surface area contributed by atoms with Crippen molar-refractivity contribution in [2.45, 2.75) is 32.7 Å². The smallest absolute Gasteiger partial charge is 0.150 e. The lowest BCUT2D eigenvalue weighted by atomic mass is 10.2. The number of carbonyl (C=O) groups is 2. The fourth-order valence-electron chi connectivity index (χ4n) is 3.02. The highest BCUT2D eigenvalue weighted by atomic mass is 16.5. The van der Waals surface area contributed by atoms with Gasteiger partial charge in [0.2, 0.25) is 0 Å². The third-order valence-corrected chi connectivity index (χ3v) is 4.75. The quantitative estimate of drug-likeness (QED) is 0.305. The van der Waals surface area contributed by atoms with Gasteiger partial charge in [0.15, 0.2) is 0 Å². The second kappa shape index (κ2) is 10.8. The van der Waals surface area contributed by atoms with Gasteiger partial charge in [0.05, 0.1) is 12.4 Å². The second-order valence-corrected chi connectivity index (χ2v) is 7.25. The third kappa shape index (κ3) is 6.33. The van der Waals surface area contributed by atoms with E-state index in [-0.39, 0.29) is 0 Å². The number of aldehydes is 2. The molecular weight excluding hydrogens is 424 g/mol. The summed E-state index contributed by atoms with van der Waals surface area (Å²) in [6.07, 6.45) is 6.07. The monoisotopic (exact) mass is 446 g/mol. The first-order chi connectivity index (χ1) is 16.2. The van der Waals surface area contributed by atoms with Crippen molar-refractivity contribution in [3.8, 4) is 11.5 Å². The maximum absolute atomic E-state index is 10.7. The Balaban J connectivity index is 1.18. The predicted molar refractivity (Wildman–Crippen MR) is 117 cm³/mol. The van der Waals surface area contributed by atoms with Crippen LogP contribution >= 0.6 is 0 Å². The van der Waals surface area contributed by atoms with E-state index in [0.29, 0.717) is 48.9 Å². The molecule has 0 radical (unpaired) electrons. The third-order valence-electron chi connectivity index (χ3n) is 4.75. The highest BCUT2D eigenvalue weighted by Crippen LogP contribution is 2.14. The van der Waals surface area contributed by atoms with E-state index in [2.05, 4.69) is 20.6 Å². The van der Waals surface area contributed by atoms with Crippen LogP contribution in [0.15, 0.2) is 60.9 Å². The van der Waals surface area contributed by atoms with Gasteiger partial charge in [-0.3, -0.25) is 19.0 Å². The normalized spacial score (nSPS) is 10.7.